The Labute approximate surface area is 192 Å². The Morgan fingerprint density at radius 3 is 2.36 bits per heavy atom. The number of nitrogens with zero attached hydrogens (tertiary/aromatic N) is 2. The minimum atomic E-state index is -3.54. The Morgan fingerprint density at radius 2 is 1.70 bits per heavy atom. The quantitative estimate of drug-likeness (QED) is 0.554. The molecule has 3 aromatic rings. The number of ether oxygens (including phenoxy) is 1. The van der Waals surface area contributed by atoms with Crippen molar-refractivity contribution in [3.63, 3.8) is 0 Å². The lowest BCUT2D eigenvalue weighted by atomic mass is 10.1. The average Bonchev–Trinajstić information content (AvgIpc) is 3.35. The summed E-state index contributed by atoms with van der Waals surface area (Å²) in [6.45, 7) is 4.85. The molecule has 0 aliphatic carbocycles. The molecule has 0 bridgehead atoms. The lowest BCUT2D eigenvalue weighted by molar-refractivity contribution is 0.0526. The van der Waals surface area contributed by atoms with Gasteiger partial charge in [0.2, 0.25) is 10.0 Å². The summed E-state index contributed by atoms with van der Waals surface area (Å²) in [4.78, 5) is 29.7. The van der Waals surface area contributed by atoms with Crippen LogP contribution in [0, 0.1) is 6.92 Å². The molecule has 1 aliphatic heterocycles. The summed E-state index contributed by atoms with van der Waals surface area (Å²) < 4.78 is 31.9. The lowest BCUT2D eigenvalue weighted by Crippen LogP contribution is -2.27. The van der Waals surface area contributed by atoms with Gasteiger partial charge in [-0.3, -0.25) is 9.78 Å². The number of anilines is 1. The number of hydrogen-bond donors (Lipinski definition) is 1. The number of carbonyl (C=O) groups is 2. The summed E-state index contributed by atoms with van der Waals surface area (Å²) >= 11 is 0. The molecule has 4 rings (SSSR count). The van der Waals surface area contributed by atoms with Gasteiger partial charge in [0, 0.05) is 29.7 Å². The second-order valence-corrected chi connectivity index (χ2v) is 9.79. The monoisotopic (exact) mass is 467 g/mol. The largest absolute Gasteiger partial charge is 0.462 e. The number of fused-ring (bicyclic) bond motifs is 1. The summed E-state index contributed by atoms with van der Waals surface area (Å²) in [5, 5.41) is 3.47. The van der Waals surface area contributed by atoms with E-state index in [0.717, 1.165) is 12.8 Å². The van der Waals surface area contributed by atoms with Crippen LogP contribution < -0.4 is 5.32 Å². The Balaban J connectivity index is 1.60. The molecular formula is C24H25N3O5S. The molecule has 1 fully saturated rings. The molecule has 2 aromatic carbocycles. The Hall–Kier alpha value is -3.30. The van der Waals surface area contributed by atoms with Gasteiger partial charge in [0.15, 0.2) is 0 Å². The van der Waals surface area contributed by atoms with Crippen molar-refractivity contribution in [3.05, 3.63) is 65.4 Å². The summed E-state index contributed by atoms with van der Waals surface area (Å²) in [6, 6.07) is 12.6. The maximum absolute atomic E-state index is 12.9. The van der Waals surface area contributed by atoms with Gasteiger partial charge in [-0.05, 0) is 75.2 Å². The van der Waals surface area contributed by atoms with Gasteiger partial charge in [-0.1, -0.05) is 0 Å². The average molecular weight is 468 g/mol. The highest BCUT2D eigenvalue weighted by Gasteiger charge is 2.27. The molecule has 1 aliphatic rings. The van der Waals surface area contributed by atoms with Crippen LogP contribution in [0.5, 0.6) is 0 Å². The number of amides is 1. The number of rotatable bonds is 6. The number of esters is 1. The number of carbonyl (C=O) groups excluding carboxylic acids is 2. The molecule has 8 nitrogen and oxygen atoms in total. The predicted octanol–water partition coefficient (Wildman–Crippen LogP) is 3.76. The maximum atomic E-state index is 12.9. The molecule has 1 N–H and O–H groups in total. The fourth-order valence-corrected chi connectivity index (χ4v) is 5.37. The fourth-order valence-electron chi connectivity index (χ4n) is 3.85. The highest BCUT2D eigenvalue weighted by Crippen LogP contribution is 2.26. The Kier molecular flexibility index (Phi) is 6.44. The van der Waals surface area contributed by atoms with Gasteiger partial charge in [0.1, 0.15) is 0 Å². The third kappa shape index (κ3) is 4.74. The zero-order chi connectivity index (χ0) is 23.6. The molecule has 9 heteroatoms. The molecule has 0 atom stereocenters. The first-order chi connectivity index (χ1) is 15.8. The van der Waals surface area contributed by atoms with Crippen molar-refractivity contribution < 1.29 is 22.7 Å². The van der Waals surface area contributed by atoms with E-state index >= 15 is 0 Å². The number of nitrogens with one attached hydrogen (secondary N) is 1. The topological polar surface area (TPSA) is 106 Å². The standard InChI is InChI=1S/C24H25N3O5S/c1-3-32-24(29)18-8-11-21-20(15-18)22(14-16(2)25-21)26-23(28)17-6-9-19(10-7-17)33(30,31)27-12-4-5-13-27/h6-11,14-15H,3-5,12-13H2,1-2H3,(H,25,26,28). The van der Waals surface area contributed by atoms with E-state index in [-0.39, 0.29) is 11.5 Å². The van der Waals surface area contributed by atoms with Crippen LogP contribution in [0.4, 0.5) is 5.69 Å². The molecule has 33 heavy (non-hydrogen) atoms. The van der Waals surface area contributed by atoms with Gasteiger partial charge in [-0.15, -0.1) is 0 Å². The first-order valence-corrected chi connectivity index (χ1v) is 12.2. The number of sulfonamides is 1. The summed E-state index contributed by atoms with van der Waals surface area (Å²) in [5.41, 5.74) is 2.52. The molecule has 0 unspecified atom stereocenters. The summed E-state index contributed by atoms with van der Waals surface area (Å²) in [6.07, 6.45) is 1.72. The smallest absolute Gasteiger partial charge is 0.338 e. The van der Waals surface area contributed by atoms with E-state index in [1.807, 2.05) is 6.92 Å². The predicted molar refractivity (Wildman–Crippen MR) is 125 cm³/mol. The molecule has 1 saturated heterocycles. The first-order valence-electron chi connectivity index (χ1n) is 10.8. The van der Waals surface area contributed by atoms with Crippen molar-refractivity contribution >= 4 is 38.5 Å². The van der Waals surface area contributed by atoms with Crippen molar-refractivity contribution in [2.45, 2.75) is 31.6 Å². The highest BCUT2D eigenvalue weighted by molar-refractivity contribution is 7.89. The Bertz CT molecular complexity index is 1310. The third-order valence-corrected chi connectivity index (χ3v) is 7.43. The van der Waals surface area contributed by atoms with Crippen LogP contribution in [0.25, 0.3) is 10.9 Å². The molecule has 1 amide bonds. The molecular weight excluding hydrogens is 442 g/mol. The highest BCUT2D eigenvalue weighted by atomic mass is 32.2. The zero-order valence-corrected chi connectivity index (χ0v) is 19.3. The van der Waals surface area contributed by atoms with E-state index in [4.69, 9.17) is 4.74 Å². The van der Waals surface area contributed by atoms with Crippen molar-refractivity contribution in [2.75, 3.05) is 25.0 Å². The van der Waals surface area contributed by atoms with Crippen molar-refractivity contribution in [3.8, 4) is 0 Å². The van der Waals surface area contributed by atoms with Gasteiger partial charge in [-0.2, -0.15) is 4.31 Å². The van der Waals surface area contributed by atoms with E-state index < -0.39 is 21.9 Å². The van der Waals surface area contributed by atoms with Crippen LogP contribution in [0.2, 0.25) is 0 Å². The zero-order valence-electron chi connectivity index (χ0n) is 18.5. The van der Waals surface area contributed by atoms with E-state index in [0.29, 0.717) is 46.5 Å². The number of pyridine rings is 1. The normalized spacial score (nSPS) is 14.4. The Morgan fingerprint density at radius 1 is 1.03 bits per heavy atom. The van der Waals surface area contributed by atoms with Crippen LogP contribution in [-0.2, 0) is 14.8 Å². The van der Waals surface area contributed by atoms with Gasteiger partial charge in [0.25, 0.3) is 5.91 Å². The van der Waals surface area contributed by atoms with Crippen LogP contribution in [0.1, 0.15) is 46.2 Å². The molecule has 0 radical (unpaired) electrons. The van der Waals surface area contributed by atoms with Crippen LogP contribution in [0.3, 0.4) is 0 Å². The van der Waals surface area contributed by atoms with E-state index in [1.54, 1.807) is 31.2 Å². The third-order valence-electron chi connectivity index (χ3n) is 5.52. The van der Waals surface area contributed by atoms with Crippen LogP contribution in [-0.4, -0.2) is 49.3 Å². The van der Waals surface area contributed by atoms with Crippen molar-refractivity contribution in [2.24, 2.45) is 0 Å². The second kappa shape index (κ2) is 9.29. The van der Waals surface area contributed by atoms with Crippen LogP contribution in [0.15, 0.2) is 53.4 Å². The SMILES string of the molecule is CCOC(=O)c1ccc2nc(C)cc(NC(=O)c3ccc(S(=O)(=O)N4CCCC4)cc3)c2c1. The van der Waals surface area contributed by atoms with Gasteiger partial charge >= 0.3 is 5.97 Å². The first kappa shape index (κ1) is 22.9. The summed E-state index contributed by atoms with van der Waals surface area (Å²) in [5.74, 6) is -0.847. The maximum Gasteiger partial charge on any atom is 0.338 e. The number of aryl methyl sites for hydroxylation is 1. The molecule has 172 valence electrons. The molecule has 0 saturated carbocycles. The van der Waals surface area contributed by atoms with Gasteiger partial charge in [-0.25, -0.2) is 13.2 Å². The van der Waals surface area contributed by atoms with Gasteiger partial charge in [0.05, 0.1) is 28.3 Å². The fraction of sp³-hybridized carbons (Fsp3) is 0.292. The van der Waals surface area contributed by atoms with E-state index in [2.05, 4.69) is 10.3 Å². The molecule has 2 heterocycles. The minimum absolute atomic E-state index is 0.172. The number of hydrogen-bond acceptors (Lipinski definition) is 6. The summed E-state index contributed by atoms with van der Waals surface area (Å²) in [7, 11) is -3.54. The second-order valence-electron chi connectivity index (χ2n) is 7.85. The number of benzene rings is 2. The van der Waals surface area contributed by atoms with Crippen LogP contribution >= 0.6 is 0 Å². The van der Waals surface area contributed by atoms with E-state index in [9.17, 15) is 18.0 Å². The van der Waals surface area contributed by atoms with Crippen molar-refractivity contribution in [1.29, 1.82) is 0 Å². The minimum Gasteiger partial charge on any atom is -0.462 e. The van der Waals surface area contributed by atoms with Crippen molar-refractivity contribution in [1.82, 2.24) is 9.29 Å². The van der Waals surface area contributed by atoms with Gasteiger partial charge < -0.3 is 10.1 Å². The van der Waals surface area contributed by atoms with E-state index in [1.165, 1.54) is 28.6 Å². The lowest BCUT2D eigenvalue weighted by Gasteiger charge is -2.15. The molecule has 1 aromatic heterocycles. The molecule has 0 spiro atoms. The number of aromatic nitrogens is 1.